The number of anilines is 2. The van der Waals surface area contributed by atoms with Gasteiger partial charge in [-0.3, -0.25) is 9.69 Å². The van der Waals surface area contributed by atoms with Crippen molar-refractivity contribution in [3.63, 3.8) is 0 Å². The summed E-state index contributed by atoms with van der Waals surface area (Å²) in [5, 5.41) is 12.6. The number of amides is 1. The predicted octanol–water partition coefficient (Wildman–Crippen LogP) is 5.63. The maximum absolute atomic E-state index is 12.5. The van der Waals surface area contributed by atoms with Crippen LogP contribution < -0.4 is 4.90 Å². The Morgan fingerprint density at radius 1 is 1.31 bits per heavy atom. The van der Waals surface area contributed by atoms with Crippen LogP contribution in [0.4, 0.5) is 10.8 Å². The topological polar surface area (TPSA) is 63.9 Å². The van der Waals surface area contributed by atoms with E-state index in [1.165, 1.54) is 31.1 Å². The van der Waals surface area contributed by atoms with E-state index in [9.17, 15) is 4.79 Å². The molecule has 0 spiro atoms. The lowest BCUT2D eigenvalue weighted by molar-refractivity contribution is -0.115. The first-order valence-corrected chi connectivity index (χ1v) is 11.7. The van der Waals surface area contributed by atoms with Crippen LogP contribution in [-0.2, 0) is 10.5 Å². The molecule has 0 N–H and O–H groups in total. The van der Waals surface area contributed by atoms with Gasteiger partial charge in [0.05, 0.1) is 16.4 Å². The van der Waals surface area contributed by atoms with E-state index in [0.29, 0.717) is 27.6 Å². The van der Waals surface area contributed by atoms with Crippen molar-refractivity contribution in [2.45, 2.75) is 57.5 Å². The van der Waals surface area contributed by atoms with E-state index in [-0.39, 0.29) is 5.91 Å². The van der Waals surface area contributed by atoms with E-state index in [1.807, 2.05) is 38.3 Å². The number of aromatic nitrogens is 4. The molecule has 6 nitrogen and oxygen atoms in total. The lowest BCUT2D eigenvalue weighted by Crippen LogP contribution is -2.24. The Labute approximate surface area is 183 Å². The van der Waals surface area contributed by atoms with Crippen molar-refractivity contribution in [3.8, 4) is 0 Å². The van der Waals surface area contributed by atoms with Crippen molar-refractivity contribution in [1.82, 2.24) is 19.7 Å². The standard InChI is InChI=1S/C20H22ClN5OS2/c1-11-7-12(2)18(17(21)8-11)26(14(4)27)19-22-15(9-28-19)10-29-20-24-23-13(3)25(20)16-5-6-16/h7-9,16H,5-6,10H2,1-4H3. The molecule has 2 aromatic heterocycles. The first kappa shape index (κ1) is 20.4. The fraction of sp³-hybridized carbons (Fsp3) is 0.400. The number of carbonyl (C=O) groups excluding carboxylic acids is 1. The van der Waals surface area contributed by atoms with Crippen molar-refractivity contribution >= 4 is 51.4 Å². The fourth-order valence-corrected chi connectivity index (χ4v) is 5.71. The van der Waals surface area contributed by atoms with E-state index in [0.717, 1.165) is 27.8 Å². The molecule has 29 heavy (non-hydrogen) atoms. The van der Waals surface area contributed by atoms with Crippen LogP contribution in [0.2, 0.25) is 5.02 Å². The molecule has 1 aromatic carbocycles. The Morgan fingerprint density at radius 2 is 2.07 bits per heavy atom. The third-order valence-corrected chi connectivity index (χ3v) is 6.90. The van der Waals surface area contributed by atoms with Crippen LogP contribution >= 0.6 is 34.7 Å². The Morgan fingerprint density at radius 3 is 2.72 bits per heavy atom. The van der Waals surface area contributed by atoms with Gasteiger partial charge in [0.2, 0.25) is 5.91 Å². The van der Waals surface area contributed by atoms with Crippen molar-refractivity contribution in [1.29, 1.82) is 0 Å². The first-order chi connectivity index (χ1) is 13.8. The molecular weight excluding hydrogens is 426 g/mol. The Hall–Kier alpha value is -1.90. The average molecular weight is 448 g/mol. The van der Waals surface area contributed by atoms with Crippen LogP contribution in [-0.4, -0.2) is 25.7 Å². The lowest BCUT2D eigenvalue weighted by atomic mass is 10.1. The number of thioether (sulfide) groups is 1. The van der Waals surface area contributed by atoms with Crippen molar-refractivity contribution < 1.29 is 4.79 Å². The molecule has 1 aliphatic carbocycles. The number of hydrogen-bond donors (Lipinski definition) is 0. The molecule has 152 valence electrons. The third-order valence-electron chi connectivity index (χ3n) is 4.76. The molecule has 0 aliphatic heterocycles. The minimum Gasteiger partial charge on any atom is -0.303 e. The summed E-state index contributed by atoms with van der Waals surface area (Å²) in [7, 11) is 0. The largest absolute Gasteiger partial charge is 0.303 e. The Kier molecular flexibility index (Phi) is 5.68. The van der Waals surface area contributed by atoms with Gasteiger partial charge in [-0.1, -0.05) is 29.4 Å². The van der Waals surface area contributed by atoms with Crippen LogP contribution in [0.15, 0.2) is 22.7 Å². The Bertz CT molecular complexity index is 1050. The van der Waals surface area contributed by atoms with E-state index in [1.54, 1.807) is 16.7 Å². The second kappa shape index (κ2) is 8.08. The number of aryl methyl sites for hydroxylation is 3. The van der Waals surface area contributed by atoms with Gasteiger partial charge >= 0.3 is 0 Å². The number of thiazole rings is 1. The van der Waals surface area contributed by atoms with Gasteiger partial charge in [-0.2, -0.15) is 0 Å². The minimum absolute atomic E-state index is 0.114. The zero-order valence-corrected chi connectivity index (χ0v) is 19.2. The molecule has 1 amide bonds. The van der Waals surface area contributed by atoms with Gasteiger partial charge in [0.25, 0.3) is 0 Å². The number of rotatable bonds is 6. The molecule has 0 radical (unpaired) electrons. The van der Waals surface area contributed by atoms with E-state index >= 15 is 0 Å². The predicted molar refractivity (Wildman–Crippen MR) is 118 cm³/mol. The summed E-state index contributed by atoms with van der Waals surface area (Å²) in [4.78, 5) is 18.8. The summed E-state index contributed by atoms with van der Waals surface area (Å²) in [6.45, 7) is 7.48. The first-order valence-electron chi connectivity index (χ1n) is 9.41. The van der Waals surface area contributed by atoms with E-state index in [4.69, 9.17) is 16.6 Å². The molecule has 0 atom stereocenters. The molecule has 1 fully saturated rings. The van der Waals surface area contributed by atoms with Gasteiger partial charge in [0.15, 0.2) is 10.3 Å². The van der Waals surface area contributed by atoms with Crippen LogP contribution in [0.1, 0.15) is 48.5 Å². The quantitative estimate of drug-likeness (QED) is 0.458. The molecule has 0 unspecified atom stereocenters. The van der Waals surface area contributed by atoms with E-state index < -0.39 is 0 Å². The molecule has 1 aliphatic rings. The van der Waals surface area contributed by atoms with Crippen LogP contribution in [0.25, 0.3) is 0 Å². The summed E-state index contributed by atoms with van der Waals surface area (Å²) in [5.74, 6) is 1.52. The Balaban J connectivity index is 1.56. The molecule has 2 heterocycles. The van der Waals surface area contributed by atoms with Gasteiger partial charge < -0.3 is 4.57 Å². The van der Waals surface area contributed by atoms with Crippen molar-refractivity contribution in [2.24, 2.45) is 0 Å². The van der Waals surface area contributed by atoms with Crippen LogP contribution in [0.5, 0.6) is 0 Å². The van der Waals surface area contributed by atoms with Gasteiger partial charge in [-0.05, 0) is 50.8 Å². The lowest BCUT2D eigenvalue weighted by Gasteiger charge is -2.22. The smallest absolute Gasteiger partial charge is 0.230 e. The van der Waals surface area contributed by atoms with Gasteiger partial charge in [-0.25, -0.2) is 4.98 Å². The molecule has 0 saturated heterocycles. The number of benzene rings is 1. The van der Waals surface area contributed by atoms with Crippen molar-refractivity contribution in [2.75, 3.05) is 4.90 Å². The molecular formula is C20H22ClN5OS2. The number of hydrogen-bond acceptors (Lipinski definition) is 6. The van der Waals surface area contributed by atoms with Gasteiger partial charge in [0, 0.05) is 24.1 Å². The van der Waals surface area contributed by atoms with Crippen LogP contribution in [0, 0.1) is 20.8 Å². The summed E-state index contributed by atoms with van der Waals surface area (Å²) < 4.78 is 2.22. The zero-order valence-electron chi connectivity index (χ0n) is 16.8. The zero-order chi connectivity index (χ0) is 20.7. The normalized spacial score (nSPS) is 13.7. The number of halogens is 1. The highest BCUT2D eigenvalue weighted by Crippen LogP contribution is 2.40. The van der Waals surface area contributed by atoms with Gasteiger partial charge in [-0.15, -0.1) is 21.5 Å². The third kappa shape index (κ3) is 4.20. The van der Waals surface area contributed by atoms with Gasteiger partial charge in [0.1, 0.15) is 5.82 Å². The summed E-state index contributed by atoms with van der Waals surface area (Å²) in [5.41, 5.74) is 3.61. The molecule has 9 heteroatoms. The summed E-state index contributed by atoms with van der Waals surface area (Å²) in [6.07, 6.45) is 2.38. The second-order valence-corrected chi connectivity index (χ2v) is 9.49. The molecule has 1 saturated carbocycles. The summed E-state index contributed by atoms with van der Waals surface area (Å²) in [6, 6.07) is 4.43. The SMILES string of the molecule is CC(=O)N(c1nc(CSc2nnc(C)n2C2CC2)cs1)c1c(C)cc(C)cc1Cl. The highest BCUT2D eigenvalue weighted by molar-refractivity contribution is 7.98. The summed E-state index contributed by atoms with van der Waals surface area (Å²) >= 11 is 9.56. The maximum atomic E-state index is 12.5. The second-order valence-electron chi connectivity index (χ2n) is 7.31. The highest BCUT2D eigenvalue weighted by atomic mass is 35.5. The molecule has 4 rings (SSSR count). The minimum atomic E-state index is -0.114. The number of carbonyl (C=O) groups is 1. The monoisotopic (exact) mass is 447 g/mol. The maximum Gasteiger partial charge on any atom is 0.230 e. The molecule has 3 aromatic rings. The van der Waals surface area contributed by atoms with Crippen molar-refractivity contribution in [3.05, 3.63) is 45.2 Å². The highest BCUT2D eigenvalue weighted by Gasteiger charge is 2.28. The van der Waals surface area contributed by atoms with E-state index in [2.05, 4.69) is 14.8 Å². The van der Waals surface area contributed by atoms with Crippen LogP contribution in [0.3, 0.4) is 0 Å². The number of nitrogens with zero attached hydrogens (tertiary/aromatic N) is 5. The average Bonchev–Trinajstić information content (AvgIpc) is 3.25. The molecule has 0 bridgehead atoms. The fourth-order valence-electron chi connectivity index (χ4n) is 3.38.